The quantitative estimate of drug-likeness (QED) is 0.852. The Morgan fingerprint density at radius 1 is 1.18 bits per heavy atom. The average Bonchev–Trinajstić information content (AvgIpc) is 2.98. The molecular weight excluding hydrogens is 208 g/mol. The van der Waals surface area contributed by atoms with Gasteiger partial charge in [-0.25, -0.2) is 0 Å². The second-order valence-electron chi connectivity index (χ2n) is 5.31. The van der Waals surface area contributed by atoms with Crippen LogP contribution < -0.4 is 5.32 Å². The lowest BCUT2D eigenvalue weighted by atomic mass is 10.1. The molecule has 1 aliphatic heterocycles. The molecule has 2 heteroatoms. The second kappa shape index (κ2) is 4.79. The van der Waals surface area contributed by atoms with Gasteiger partial charge in [-0.15, -0.1) is 0 Å². The van der Waals surface area contributed by atoms with Gasteiger partial charge in [0.15, 0.2) is 0 Å². The summed E-state index contributed by atoms with van der Waals surface area (Å²) >= 11 is 0. The molecule has 3 rings (SSSR count). The van der Waals surface area contributed by atoms with Crippen molar-refractivity contribution in [2.24, 2.45) is 0 Å². The zero-order valence-electron chi connectivity index (χ0n) is 10.7. The fourth-order valence-corrected chi connectivity index (χ4v) is 3.51. The maximum Gasteiger partial charge on any atom is 0.0235 e. The minimum Gasteiger partial charge on any atom is -0.315 e. The Morgan fingerprint density at radius 2 is 1.88 bits per heavy atom. The van der Waals surface area contributed by atoms with E-state index in [0.29, 0.717) is 0 Å². The molecule has 1 aliphatic carbocycles. The Kier molecular flexibility index (Phi) is 3.17. The molecule has 0 aromatic heterocycles. The van der Waals surface area contributed by atoms with E-state index in [9.17, 15) is 0 Å². The van der Waals surface area contributed by atoms with E-state index in [-0.39, 0.29) is 0 Å². The molecule has 1 aromatic rings. The summed E-state index contributed by atoms with van der Waals surface area (Å²) in [7, 11) is 0. The summed E-state index contributed by atoms with van der Waals surface area (Å²) < 4.78 is 0. The first-order valence-electron chi connectivity index (χ1n) is 6.91. The van der Waals surface area contributed by atoms with Crippen molar-refractivity contribution in [1.82, 2.24) is 10.2 Å². The Labute approximate surface area is 104 Å². The number of nitrogens with one attached hydrogen (secondary N) is 1. The van der Waals surface area contributed by atoms with Gasteiger partial charge in [-0.3, -0.25) is 4.90 Å². The van der Waals surface area contributed by atoms with Crippen LogP contribution in [-0.2, 0) is 12.8 Å². The second-order valence-corrected chi connectivity index (χ2v) is 5.31. The van der Waals surface area contributed by atoms with Crippen LogP contribution >= 0.6 is 0 Å². The van der Waals surface area contributed by atoms with Crippen LogP contribution in [0.4, 0.5) is 0 Å². The van der Waals surface area contributed by atoms with Crippen LogP contribution in [0.2, 0.25) is 0 Å². The van der Waals surface area contributed by atoms with E-state index in [4.69, 9.17) is 0 Å². The Hall–Kier alpha value is -0.860. The van der Waals surface area contributed by atoms with Gasteiger partial charge in [-0.05, 0) is 43.5 Å². The predicted octanol–water partition coefficient (Wildman–Crippen LogP) is 1.84. The minimum atomic E-state index is 0.738. The molecule has 0 amide bonds. The molecule has 0 saturated carbocycles. The van der Waals surface area contributed by atoms with Crippen molar-refractivity contribution >= 4 is 0 Å². The normalized spacial score (nSPS) is 24.5. The summed E-state index contributed by atoms with van der Waals surface area (Å²) in [6.45, 7) is 5.87. The molecule has 1 atom stereocenters. The van der Waals surface area contributed by atoms with E-state index in [0.717, 1.165) is 12.1 Å². The lowest BCUT2D eigenvalue weighted by molar-refractivity contribution is 0.156. The number of benzene rings is 1. The van der Waals surface area contributed by atoms with Gasteiger partial charge < -0.3 is 5.32 Å². The largest absolute Gasteiger partial charge is 0.315 e. The highest BCUT2D eigenvalue weighted by Gasteiger charge is 2.31. The van der Waals surface area contributed by atoms with Crippen molar-refractivity contribution in [1.29, 1.82) is 0 Å². The van der Waals surface area contributed by atoms with Gasteiger partial charge in [0.2, 0.25) is 0 Å². The van der Waals surface area contributed by atoms with Gasteiger partial charge in [0, 0.05) is 18.6 Å². The van der Waals surface area contributed by atoms with Crippen molar-refractivity contribution in [3.8, 4) is 0 Å². The molecular formula is C15H22N2. The van der Waals surface area contributed by atoms with Crippen molar-refractivity contribution < 1.29 is 0 Å². The highest BCUT2D eigenvalue weighted by Crippen LogP contribution is 2.27. The first kappa shape index (κ1) is 11.2. The standard InChI is InChI=1S/C15H22N2/c1-2-17(14-7-8-16-11-14)15-9-12-5-3-4-6-13(12)10-15/h3-6,14-16H,2,7-11H2,1H3. The number of nitrogens with zero attached hydrogens (tertiary/aromatic N) is 1. The van der Waals surface area contributed by atoms with Crippen LogP contribution in [0.15, 0.2) is 24.3 Å². The van der Waals surface area contributed by atoms with E-state index >= 15 is 0 Å². The molecule has 0 bridgehead atoms. The van der Waals surface area contributed by atoms with Gasteiger partial charge in [-0.1, -0.05) is 31.2 Å². The summed E-state index contributed by atoms with van der Waals surface area (Å²) in [6, 6.07) is 10.5. The topological polar surface area (TPSA) is 15.3 Å². The zero-order valence-corrected chi connectivity index (χ0v) is 10.7. The molecule has 1 aromatic carbocycles. The molecule has 0 spiro atoms. The van der Waals surface area contributed by atoms with Crippen LogP contribution in [0.3, 0.4) is 0 Å². The lowest BCUT2D eigenvalue weighted by Crippen LogP contribution is -2.44. The maximum absolute atomic E-state index is 3.49. The van der Waals surface area contributed by atoms with Gasteiger partial charge in [0.05, 0.1) is 0 Å². The van der Waals surface area contributed by atoms with E-state index in [1.165, 1.54) is 38.9 Å². The van der Waals surface area contributed by atoms with Crippen LogP contribution in [-0.4, -0.2) is 36.6 Å². The minimum absolute atomic E-state index is 0.738. The zero-order chi connectivity index (χ0) is 11.7. The molecule has 2 aliphatic rings. The maximum atomic E-state index is 3.49. The van der Waals surface area contributed by atoms with Crippen LogP contribution in [0.25, 0.3) is 0 Å². The Bertz CT molecular complexity index is 357. The van der Waals surface area contributed by atoms with Crippen molar-refractivity contribution in [3.05, 3.63) is 35.4 Å². The van der Waals surface area contributed by atoms with Gasteiger partial charge in [0.25, 0.3) is 0 Å². The fraction of sp³-hybridized carbons (Fsp3) is 0.600. The smallest absolute Gasteiger partial charge is 0.0235 e. The fourth-order valence-electron chi connectivity index (χ4n) is 3.51. The monoisotopic (exact) mass is 230 g/mol. The summed E-state index contributed by atoms with van der Waals surface area (Å²) in [5.41, 5.74) is 3.14. The number of hydrogen-bond donors (Lipinski definition) is 1. The molecule has 1 saturated heterocycles. The van der Waals surface area contributed by atoms with E-state index < -0.39 is 0 Å². The highest BCUT2D eigenvalue weighted by molar-refractivity contribution is 5.33. The summed E-state index contributed by atoms with van der Waals surface area (Å²) in [5, 5.41) is 3.49. The van der Waals surface area contributed by atoms with Crippen LogP contribution in [0, 0.1) is 0 Å². The number of likely N-dealkylation sites (N-methyl/N-ethyl adjacent to an activating group) is 1. The van der Waals surface area contributed by atoms with Crippen LogP contribution in [0.1, 0.15) is 24.5 Å². The third kappa shape index (κ3) is 2.12. The molecule has 2 nitrogen and oxygen atoms in total. The SMILES string of the molecule is CCN(C1CCNC1)C1Cc2ccccc2C1. The number of fused-ring (bicyclic) bond motifs is 1. The first-order valence-corrected chi connectivity index (χ1v) is 6.91. The average molecular weight is 230 g/mol. The van der Waals surface area contributed by atoms with Gasteiger partial charge >= 0.3 is 0 Å². The van der Waals surface area contributed by atoms with Crippen LogP contribution in [0.5, 0.6) is 0 Å². The molecule has 1 fully saturated rings. The molecule has 0 radical (unpaired) electrons. The van der Waals surface area contributed by atoms with Gasteiger partial charge in [0.1, 0.15) is 0 Å². The first-order chi connectivity index (χ1) is 8.38. The van der Waals surface area contributed by atoms with E-state index in [1.807, 2.05) is 0 Å². The number of hydrogen-bond acceptors (Lipinski definition) is 2. The van der Waals surface area contributed by atoms with Gasteiger partial charge in [-0.2, -0.15) is 0 Å². The van der Waals surface area contributed by atoms with E-state index in [1.54, 1.807) is 11.1 Å². The van der Waals surface area contributed by atoms with Crippen molar-refractivity contribution in [3.63, 3.8) is 0 Å². The summed E-state index contributed by atoms with van der Waals surface area (Å²) in [6.07, 6.45) is 3.82. The molecule has 1 heterocycles. The Balaban J connectivity index is 1.73. The lowest BCUT2D eigenvalue weighted by Gasteiger charge is -2.32. The Morgan fingerprint density at radius 3 is 2.41 bits per heavy atom. The summed E-state index contributed by atoms with van der Waals surface area (Å²) in [4.78, 5) is 2.72. The highest BCUT2D eigenvalue weighted by atomic mass is 15.2. The van der Waals surface area contributed by atoms with Crippen molar-refractivity contribution in [2.45, 2.75) is 38.3 Å². The molecule has 1 unspecified atom stereocenters. The van der Waals surface area contributed by atoms with Crippen molar-refractivity contribution in [2.75, 3.05) is 19.6 Å². The molecule has 92 valence electrons. The summed E-state index contributed by atoms with van der Waals surface area (Å²) in [5.74, 6) is 0. The third-order valence-electron chi connectivity index (χ3n) is 4.37. The molecule has 17 heavy (non-hydrogen) atoms. The third-order valence-corrected chi connectivity index (χ3v) is 4.37. The van der Waals surface area contributed by atoms with E-state index in [2.05, 4.69) is 41.4 Å². The number of rotatable bonds is 3. The molecule has 1 N–H and O–H groups in total. The predicted molar refractivity (Wildman–Crippen MR) is 71.3 cm³/mol.